The molecule has 1 aromatic heterocycles. The number of hydrogen-bond donors (Lipinski definition) is 1. The number of pyridine rings is 1. The van der Waals surface area contributed by atoms with E-state index in [2.05, 4.69) is 41.4 Å². The fraction of sp³-hybridized carbons (Fsp3) is 0.360. The Kier molecular flexibility index (Phi) is 4.70. The van der Waals surface area contributed by atoms with Gasteiger partial charge in [-0.05, 0) is 54.9 Å². The number of amides is 1. The van der Waals surface area contributed by atoms with E-state index in [4.69, 9.17) is 4.98 Å². The van der Waals surface area contributed by atoms with E-state index in [9.17, 15) is 4.79 Å². The van der Waals surface area contributed by atoms with Crippen molar-refractivity contribution in [2.45, 2.75) is 38.6 Å². The number of aromatic nitrogens is 1. The van der Waals surface area contributed by atoms with Crippen LogP contribution in [0.4, 0.5) is 5.82 Å². The lowest BCUT2D eigenvalue weighted by Crippen LogP contribution is -2.35. The van der Waals surface area contributed by atoms with Gasteiger partial charge < -0.3 is 10.2 Å². The van der Waals surface area contributed by atoms with Crippen molar-refractivity contribution in [2.75, 3.05) is 18.0 Å². The Morgan fingerprint density at radius 1 is 1.10 bits per heavy atom. The lowest BCUT2D eigenvalue weighted by molar-refractivity contribution is 0.0938. The molecule has 1 aliphatic heterocycles. The van der Waals surface area contributed by atoms with Crippen LogP contribution in [0.25, 0.3) is 10.9 Å². The van der Waals surface area contributed by atoms with Crippen LogP contribution in [-0.4, -0.2) is 24.0 Å². The predicted molar refractivity (Wildman–Crippen MR) is 117 cm³/mol. The monoisotopic (exact) mass is 385 g/mol. The highest BCUT2D eigenvalue weighted by Crippen LogP contribution is 2.32. The zero-order valence-corrected chi connectivity index (χ0v) is 16.9. The van der Waals surface area contributed by atoms with E-state index in [1.165, 1.54) is 24.0 Å². The Hall–Kier alpha value is -2.88. The summed E-state index contributed by atoms with van der Waals surface area (Å²) in [6.07, 6.45) is 4.42. The second kappa shape index (κ2) is 7.51. The summed E-state index contributed by atoms with van der Waals surface area (Å²) in [6.45, 7) is 4.30. The number of carbonyl (C=O) groups is 1. The molecule has 29 heavy (non-hydrogen) atoms. The molecular weight excluding hydrogens is 358 g/mol. The summed E-state index contributed by atoms with van der Waals surface area (Å²) in [7, 11) is 0. The van der Waals surface area contributed by atoms with Gasteiger partial charge in [-0.25, -0.2) is 4.98 Å². The van der Waals surface area contributed by atoms with Crippen LogP contribution in [0.2, 0.25) is 0 Å². The van der Waals surface area contributed by atoms with Crippen molar-refractivity contribution >= 4 is 22.6 Å². The third-order valence-electron chi connectivity index (χ3n) is 6.37. The summed E-state index contributed by atoms with van der Waals surface area (Å²) in [5.74, 6) is 1.58. The van der Waals surface area contributed by atoms with Crippen LogP contribution in [0.3, 0.4) is 0 Å². The van der Waals surface area contributed by atoms with Gasteiger partial charge in [-0.15, -0.1) is 0 Å². The Labute approximate surface area is 171 Å². The fourth-order valence-electron chi connectivity index (χ4n) is 4.85. The largest absolute Gasteiger partial charge is 0.356 e. The molecule has 1 amide bonds. The first kappa shape index (κ1) is 18.2. The average molecular weight is 386 g/mol. The number of hydrogen-bond acceptors (Lipinski definition) is 3. The number of nitrogens with zero attached hydrogens (tertiary/aromatic N) is 2. The maximum atomic E-state index is 13.4. The van der Waals surface area contributed by atoms with Gasteiger partial charge in [0.2, 0.25) is 0 Å². The number of piperidine rings is 1. The van der Waals surface area contributed by atoms with E-state index in [0.717, 1.165) is 48.2 Å². The van der Waals surface area contributed by atoms with Crippen molar-refractivity contribution < 1.29 is 4.79 Å². The molecule has 1 saturated heterocycles. The van der Waals surface area contributed by atoms with Crippen molar-refractivity contribution in [3.63, 3.8) is 0 Å². The SMILES string of the molecule is C[C@@H]1CCCN(c2cc(C(=O)N[C@@H]3CCc4ccccc43)c3ccccc3n2)C1. The zero-order valence-electron chi connectivity index (χ0n) is 16.9. The minimum Gasteiger partial charge on any atom is -0.356 e. The van der Waals surface area contributed by atoms with Gasteiger partial charge in [-0.1, -0.05) is 49.4 Å². The van der Waals surface area contributed by atoms with Gasteiger partial charge in [0.1, 0.15) is 5.82 Å². The van der Waals surface area contributed by atoms with E-state index in [1.54, 1.807) is 0 Å². The highest BCUT2D eigenvalue weighted by Gasteiger charge is 2.26. The van der Waals surface area contributed by atoms with Crippen LogP contribution in [0.5, 0.6) is 0 Å². The Morgan fingerprint density at radius 2 is 1.93 bits per heavy atom. The molecular formula is C25H27N3O. The van der Waals surface area contributed by atoms with Gasteiger partial charge in [0, 0.05) is 18.5 Å². The van der Waals surface area contributed by atoms with Crippen molar-refractivity contribution in [3.05, 3.63) is 71.3 Å². The molecule has 0 spiro atoms. The number of aryl methyl sites for hydroxylation is 1. The summed E-state index contributed by atoms with van der Waals surface area (Å²) in [4.78, 5) is 20.6. The summed E-state index contributed by atoms with van der Waals surface area (Å²) in [6, 6.07) is 18.5. The van der Waals surface area contributed by atoms with Gasteiger partial charge in [-0.2, -0.15) is 0 Å². The molecule has 1 fully saturated rings. The number of rotatable bonds is 3. The van der Waals surface area contributed by atoms with Crippen molar-refractivity contribution in [1.29, 1.82) is 0 Å². The molecule has 4 heteroatoms. The molecule has 1 aliphatic carbocycles. The predicted octanol–water partition coefficient (Wildman–Crippen LogP) is 4.89. The summed E-state index contributed by atoms with van der Waals surface area (Å²) >= 11 is 0. The number of carbonyl (C=O) groups excluding carboxylic acids is 1. The molecule has 4 nitrogen and oxygen atoms in total. The lowest BCUT2D eigenvalue weighted by Gasteiger charge is -2.32. The molecule has 148 valence electrons. The quantitative estimate of drug-likeness (QED) is 0.698. The second-order valence-corrected chi connectivity index (χ2v) is 8.50. The molecule has 0 bridgehead atoms. The maximum Gasteiger partial charge on any atom is 0.252 e. The van der Waals surface area contributed by atoms with Crippen molar-refractivity contribution in [3.8, 4) is 0 Å². The normalized spacial score (nSPS) is 21.2. The lowest BCUT2D eigenvalue weighted by atomic mass is 10.00. The maximum absolute atomic E-state index is 13.4. The third-order valence-corrected chi connectivity index (χ3v) is 6.37. The molecule has 1 N–H and O–H groups in total. The van der Waals surface area contributed by atoms with Crippen molar-refractivity contribution in [1.82, 2.24) is 10.3 Å². The van der Waals surface area contributed by atoms with E-state index in [0.29, 0.717) is 5.92 Å². The molecule has 0 unspecified atom stereocenters. The van der Waals surface area contributed by atoms with Gasteiger partial charge in [0.25, 0.3) is 5.91 Å². The van der Waals surface area contributed by atoms with Gasteiger partial charge >= 0.3 is 0 Å². The van der Waals surface area contributed by atoms with Gasteiger partial charge in [0.15, 0.2) is 0 Å². The molecule has 0 saturated carbocycles. The molecule has 0 radical (unpaired) electrons. The average Bonchev–Trinajstić information content (AvgIpc) is 3.16. The Morgan fingerprint density at radius 3 is 2.83 bits per heavy atom. The molecule has 3 aromatic rings. The van der Waals surface area contributed by atoms with Crippen LogP contribution in [0.1, 0.15) is 53.7 Å². The second-order valence-electron chi connectivity index (χ2n) is 8.50. The van der Waals surface area contributed by atoms with E-state index < -0.39 is 0 Å². The van der Waals surface area contributed by atoms with Crippen LogP contribution >= 0.6 is 0 Å². The first-order valence-electron chi connectivity index (χ1n) is 10.7. The van der Waals surface area contributed by atoms with E-state index >= 15 is 0 Å². The Balaban J connectivity index is 1.49. The van der Waals surface area contributed by atoms with Crippen LogP contribution in [-0.2, 0) is 6.42 Å². The minimum absolute atomic E-state index is 0.00314. The number of anilines is 1. The van der Waals surface area contributed by atoms with Gasteiger partial charge in [-0.3, -0.25) is 4.79 Å². The van der Waals surface area contributed by atoms with E-state index in [-0.39, 0.29) is 11.9 Å². The molecule has 2 heterocycles. The number of nitrogens with one attached hydrogen (secondary N) is 1. The topological polar surface area (TPSA) is 45.2 Å². The van der Waals surface area contributed by atoms with Crippen molar-refractivity contribution in [2.24, 2.45) is 5.92 Å². The summed E-state index contributed by atoms with van der Waals surface area (Å²) in [5, 5.41) is 4.22. The van der Waals surface area contributed by atoms with Crippen LogP contribution in [0, 0.1) is 5.92 Å². The smallest absolute Gasteiger partial charge is 0.252 e. The highest BCUT2D eigenvalue weighted by molar-refractivity contribution is 6.07. The summed E-state index contributed by atoms with van der Waals surface area (Å²) in [5.41, 5.74) is 4.22. The molecule has 2 aliphatic rings. The summed E-state index contributed by atoms with van der Waals surface area (Å²) < 4.78 is 0. The van der Waals surface area contributed by atoms with Gasteiger partial charge in [0.05, 0.1) is 17.1 Å². The first-order valence-corrected chi connectivity index (χ1v) is 10.7. The Bertz CT molecular complexity index is 1060. The minimum atomic E-state index is -0.00314. The fourth-order valence-corrected chi connectivity index (χ4v) is 4.85. The van der Waals surface area contributed by atoms with Crippen LogP contribution in [0.15, 0.2) is 54.6 Å². The number of fused-ring (bicyclic) bond motifs is 2. The number of benzene rings is 2. The number of para-hydroxylation sites is 1. The molecule has 5 rings (SSSR count). The molecule has 2 atom stereocenters. The third kappa shape index (κ3) is 3.48. The molecule has 2 aromatic carbocycles. The zero-order chi connectivity index (χ0) is 19.8. The van der Waals surface area contributed by atoms with Crippen LogP contribution < -0.4 is 10.2 Å². The van der Waals surface area contributed by atoms with E-state index in [1.807, 2.05) is 30.3 Å². The standard InChI is InChI=1S/C25H27N3O/c1-17-7-6-14-28(16-17)24-15-21(20-10-4-5-11-22(20)26-24)25(29)27-23-13-12-18-8-2-3-9-19(18)23/h2-5,8-11,15,17,23H,6-7,12-14,16H2,1H3,(H,27,29)/t17-,23-/m1/s1. The first-order chi connectivity index (χ1) is 14.2. The highest BCUT2D eigenvalue weighted by atomic mass is 16.1.